The van der Waals surface area contributed by atoms with Gasteiger partial charge in [-0.2, -0.15) is 4.31 Å². The molecule has 1 amide bonds. The molecule has 1 aliphatic heterocycles. The average molecular weight is 429 g/mol. The zero-order valence-corrected chi connectivity index (χ0v) is 18.9. The normalized spacial score (nSPS) is 16.4. The van der Waals surface area contributed by atoms with Gasteiger partial charge in [0, 0.05) is 18.7 Å². The molecule has 1 atom stereocenters. The van der Waals surface area contributed by atoms with Gasteiger partial charge in [0.2, 0.25) is 10.0 Å². The van der Waals surface area contributed by atoms with Crippen molar-refractivity contribution in [3.05, 3.63) is 65.2 Å². The zero-order valence-electron chi connectivity index (χ0n) is 18.1. The second-order valence-corrected chi connectivity index (χ2v) is 10.4. The van der Waals surface area contributed by atoms with Crippen molar-refractivity contribution in [2.45, 2.75) is 57.4 Å². The fourth-order valence-electron chi connectivity index (χ4n) is 3.94. The minimum Gasteiger partial charge on any atom is -0.345 e. The van der Waals surface area contributed by atoms with Gasteiger partial charge in [0.05, 0.1) is 10.9 Å². The van der Waals surface area contributed by atoms with Crippen molar-refractivity contribution in [3.8, 4) is 0 Å². The molecule has 6 heteroatoms. The van der Waals surface area contributed by atoms with Crippen molar-refractivity contribution >= 4 is 15.9 Å². The Morgan fingerprint density at radius 3 is 2.33 bits per heavy atom. The number of rotatable bonds is 7. The topological polar surface area (TPSA) is 66.5 Å². The van der Waals surface area contributed by atoms with Crippen molar-refractivity contribution in [1.29, 1.82) is 0 Å². The fraction of sp³-hybridized carbons (Fsp3) is 0.458. The van der Waals surface area contributed by atoms with Crippen LogP contribution in [0.1, 0.15) is 67.1 Å². The van der Waals surface area contributed by atoms with Crippen molar-refractivity contribution in [2.75, 3.05) is 13.1 Å². The Hall–Kier alpha value is -2.18. The van der Waals surface area contributed by atoms with Gasteiger partial charge in [-0.3, -0.25) is 4.79 Å². The third-order valence-electron chi connectivity index (χ3n) is 5.60. The van der Waals surface area contributed by atoms with E-state index in [0.717, 1.165) is 31.2 Å². The number of carbonyl (C=O) groups excluding carboxylic acids is 1. The Labute approximate surface area is 180 Å². The lowest BCUT2D eigenvalue weighted by Crippen LogP contribution is -2.36. The van der Waals surface area contributed by atoms with E-state index in [1.165, 1.54) is 6.07 Å². The highest BCUT2D eigenvalue weighted by Crippen LogP contribution is 2.26. The van der Waals surface area contributed by atoms with E-state index in [1.807, 2.05) is 30.3 Å². The first-order valence-corrected chi connectivity index (χ1v) is 12.2. The highest BCUT2D eigenvalue weighted by molar-refractivity contribution is 7.89. The van der Waals surface area contributed by atoms with Crippen LogP contribution in [-0.2, 0) is 10.0 Å². The Morgan fingerprint density at radius 1 is 1.03 bits per heavy atom. The number of aryl methyl sites for hydroxylation is 1. The molecular weight excluding hydrogens is 396 g/mol. The molecule has 30 heavy (non-hydrogen) atoms. The molecular formula is C24H32N2O3S. The smallest absolute Gasteiger partial charge is 0.251 e. The van der Waals surface area contributed by atoms with Gasteiger partial charge in [-0.25, -0.2) is 8.42 Å². The molecule has 1 fully saturated rings. The predicted molar refractivity (Wildman–Crippen MR) is 120 cm³/mol. The number of nitrogens with zero attached hydrogens (tertiary/aromatic N) is 1. The van der Waals surface area contributed by atoms with Gasteiger partial charge < -0.3 is 5.32 Å². The first-order valence-electron chi connectivity index (χ1n) is 10.8. The lowest BCUT2D eigenvalue weighted by atomic mass is 9.96. The molecule has 0 saturated carbocycles. The number of benzene rings is 2. The summed E-state index contributed by atoms with van der Waals surface area (Å²) in [6.07, 6.45) is 3.63. The number of piperidine rings is 1. The molecule has 0 spiro atoms. The first kappa shape index (κ1) is 22.5. The fourth-order valence-corrected chi connectivity index (χ4v) is 5.71. The number of amides is 1. The third-order valence-corrected chi connectivity index (χ3v) is 7.64. The van der Waals surface area contributed by atoms with Crippen LogP contribution in [0.25, 0.3) is 0 Å². The van der Waals surface area contributed by atoms with E-state index in [9.17, 15) is 13.2 Å². The summed E-state index contributed by atoms with van der Waals surface area (Å²) in [5.41, 5.74) is 2.09. The highest BCUT2D eigenvalue weighted by Gasteiger charge is 2.28. The summed E-state index contributed by atoms with van der Waals surface area (Å²) in [6.45, 7) is 7.12. The highest BCUT2D eigenvalue weighted by atomic mass is 32.2. The third kappa shape index (κ3) is 5.29. The van der Waals surface area contributed by atoms with Crippen molar-refractivity contribution in [1.82, 2.24) is 9.62 Å². The van der Waals surface area contributed by atoms with Gasteiger partial charge in [-0.15, -0.1) is 0 Å². The first-order chi connectivity index (χ1) is 14.3. The number of nitrogens with one attached hydrogen (secondary N) is 1. The van der Waals surface area contributed by atoms with Crippen LogP contribution >= 0.6 is 0 Å². The van der Waals surface area contributed by atoms with E-state index in [-0.39, 0.29) is 16.8 Å². The van der Waals surface area contributed by atoms with E-state index < -0.39 is 10.0 Å². The zero-order chi connectivity index (χ0) is 21.7. The van der Waals surface area contributed by atoms with E-state index in [1.54, 1.807) is 23.4 Å². The number of hydrogen-bond donors (Lipinski definition) is 1. The Morgan fingerprint density at radius 2 is 1.70 bits per heavy atom. The minimum absolute atomic E-state index is 0.123. The summed E-state index contributed by atoms with van der Waals surface area (Å²) in [4.78, 5) is 13.3. The Kier molecular flexibility index (Phi) is 7.32. The molecule has 1 saturated heterocycles. The summed E-state index contributed by atoms with van der Waals surface area (Å²) in [5, 5.41) is 3.11. The molecule has 0 unspecified atom stereocenters. The van der Waals surface area contributed by atoms with Gasteiger partial charge in [0.15, 0.2) is 0 Å². The predicted octanol–water partition coefficient (Wildman–Crippen LogP) is 4.69. The van der Waals surface area contributed by atoms with Gasteiger partial charge in [0.1, 0.15) is 0 Å². The standard InChI is InChI=1S/C24H32N2O3S/c1-18(2)16-22(20-10-6-4-7-11-20)25-24(27)21-13-12-19(3)23(17-21)30(28,29)26-14-8-5-9-15-26/h4,6-7,10-13,17-18,22H,5,8-9,14-16H2,1-3H3,(H,25,27)/t22-/m0/s1. The molecule has 1 aliphatic rings. The molecule has 0 aliphatic carbocycles. The van der Waals surface area contributed by atoms with Crippen molar-refractivity contribution < 1.29 is 13.2 Å². The molecule has 5 nitrogen and oxygen atoms in total. The number of hydrogen-bond acceptors (Lipinski definition) is 3. The van der Waals surface area contributed by atoms with Crippen LogP contribution in [0.3, 0.4) is 0 Å². The lowest BCUT2D eigenvalue weighted by Gasteiger charge is -2.27. The summed E-state index contributed by atoms with van der Waals surface area (Å²) >= 11 is 0. The van der Waals surface area contributed by atoms with Crippen LogP contribution in [0.15, 0.2) is 53.4 Å². The van der Waals surface area contributed by atoms with Gasteiger partial charge in [-0.1, -0.05) is 56.7 Å². The monoisotopic (exact) mass is 428 g/mol. The van der Waals surface area contributed by atoms with E-state index in [4.69, 9.17) is 0 Å². The quantitative estimate of drug-likeness (QED) is 0.696. The summed E-state index contributed by atoms with van der Waals surface area (Å²) in [5.74, 6) is 0.156. The van der Waals surface area contributed by atoms with Crippen molar-refractivity contribution in [3.63, 3.8) is 0 Å². The van der Waals surface area contributed by atoms with Gasteiger partial charge >= 0.3 is 0 Å². The van der Waals surface area contributed by atoms with Gasteiger partial charge in [-0.05, 0) is 55.4 Å². The Balaban J connectivity index is 1.86. The van der Waals surface area contributed by atoms with E-state index in [0.29, 0.717) is 30.1 Å². The second-order valence-electron chi connectivity index (χ2n) is 8.51. The summed E-state index contributed by atoms with van der Waals surface area (Å²) in [7, 11) is -3.60. The maximum atomic E-state index is 13.2. The molecule has 0 bridgehead atoms. The number of carbonyl (C=O) groups is 1. The van der Waals surface area contributed by atoms with Crippen LogP contribution in [-0.4, -0.2) is 31.7 Å². The van der Waals surface area contributed by atoms with Crippen LogP contribution in [0.4, 0.5) is 0 Å². The molecule has 2 aromatic carbocycles. The summed E-state index contributed by atoms with van der Waals surface area (Å²) < 4.78 is 27.9. The average Bonchev–Trinajstić information content (AvgIpc) is 2.74. The largest absolute Gasteiger partial charge is 0.345 e. The van der Waals surface area contributed by atoms with E-state index in [2.05, 4.69) is 19.2 Å². The molecule has 0 radical (unpaired) electrons. The molecule has 162 valence electrons. The summed E-state index contributed by atoms with van der Waals surface area (Å²) in [6, 6.07) is 14.7. The number of sulfonamides is 1. The molecule has 3 rings (SSSR count). The van der Waals surface area contributed by atoms with Crippen LogP contribution in [0.5, 0.6) is 0 Å². The van der Waals surface area contributed by atoms with Crippen LogP contribution in [0.2, 0.25) is 0 Å². The van der Waals surface area contributed by atoms with E-state index >= 15 is 0 Å². The van der Waals surface area contributed by atoms with Crippen LogP contribution in [0, 0.1) is 12.8 Å². The van der Waals surface area contributed by atoms with Crippen LogP contribution < -0.4 is 5.32 Å². The molecule has 0 aromatic heterocycles. The SMILES string of the molecule is Cc1ccc(C(=O)N[C@@H](CC(C)C)c2ccccc2)cc1S(=O)(=O)N1CCCCC1. The molecule has 1 heterocycles. The molecule has 1 N–H and O–H groups in total. The maximum Gasteiger partial charge on any atom is 0.251 e. The second kappa shape index (κ2) is 9.75. The maximum absolute atomic E-state index is 13.2. The Bertz CT molecular complexity index is 965. The van der Waals surface area contributed by atoms with Crippen molar-refractivity contribution in [2.24, 2.45) is 5.92 Å². The van der Waals surface area contributed by atoms with Gasteiger partial charge in [0.25, 0.3) is 5.91 Å². The molecule has 2 aromatic rings. The lowest BCUT2D eigenvalue weighted by molar-refractivity contribution is 0.0931. The minimum atomic E-state index is -3.60.